The van der Waals surface area contributed by atoms with Gasteiger partial charge in [0.05, 0.1) is 22.1 Å². The van der Waals surface area contributed by atoms with E-state index < -0.39 is 0 Å². The first-order valence-electron chi connectivity index (χ1n) is 11.5. The quantitative estimate of drug-likeness (QED) is 0.562. The van der Waals surface area contributed by atoms with Crippen LogP contribution in [0.15, 0.2) is 48.8 Å². The molecule has 0 saturated carbocycles. The molecule has 3 aromatic rings. The number of nitrogens with zero attached hydrogens (tertiary/aromatic N) is 4. The molecule has 1 unspecified atom stereocenters. The van der Waals surface area contributed by atoms with Crippen molar-refractivity contribution in [2.75, 3.05) is 38.0 Å². The molecule has 0 radical (unpaired) electrons. The fourth-order valence-corrected chi connectivity index (χ4v) is 5.44. The van der Waals surface area contributed by atoms with Crippen LogP contribution in [0.5, 0.6) is 0 Å². The summed E-state index contributed by atoms with van der Waals surface area (Å²) in [4.78, 5) is 26.0. The third-order valence-electron chi connectivity index (χ3n) is 6.94. The summed E-state index contributed by atoms with van der Waals surface area (Å²) in [6.07, 6.45) is 4.83. The Hall–Kier alpha value is -2.41. The number of aromatic nitrogens is 2. The highest BCUT2D eigenvalue weighted by Gasteiger charge is 2.32. The number of piperidine rings is 1. The lowest BCUT2D eigenvalue weighted by molar-refractivity contribution is -0.128. The number of fused-ring (bicyclic) bond motifs is 1. The fourth-order valence-electron chi connectivity index (χ4n) is 5.07. The minimum Gasteiger partial charge on any atom is -0.360 e. The van der Waals surface area contributed by atoms with Crippen LogP contribution in [0.3, 0.4) is 0 Å². The molecular formula is C25H27Cl2N5O. The van der Waals surface area contributed by atoms with Gasteiger partial charge in [-0.3, -0.25) is 9.69 Å². The Morgan fingerprint density at radius 1 is 1.00 bits per heavy atom. The van der Waals surface area contributed by atoms with Gasteiger partial charge in [-0.2, -0.15) is 0 Å². The summed E-state index contributed by atoms with van der Waals surface area (Å²) in [7, 11) is 0. The monoisotopic (exact) mass is 483 g/mol. The number of benzene rings is 2. The van der Waals surface area contributed by atoms with E-state index in [1.165, 1.54) is 24.7 Å². The second kappa shape index (κ2) is 9.84. The molecule has 2 saturated heterocycles. The van der Waals surface area contributed by atoms with Crippen LogP contribution in [0.25, 0.3) is 10.9 Å². The molecular weight excluding hydrogens is 457 g/mol. The van der Waals surface area contributed by atoms with E-state index in [1.54, 1.807) is 6.07 Å². The van der Waals surface area contributed by atoms with E-state index in [9.17, 15) is 4.79 Å². The van der Waals surface area contributed by atoms with Crippen molar-refractivity contribution in [3.05, 3.63) is 64.4 Å². The number of carbonyl (C=O) groups excluding carboxylic acids is 1. The van der Waals surface area contributed by atoms with Crippen molar-refractivity contribution in [1.82, 2.24) is 19.8 Å². The smallest absolute Gasteiger partial charge is 0.241 e. The zero-order chi connectivity index (χ0) is 22.8. The summed E-state index contributed by atoms with van der Waals surface area (Å²) in [5, 5.41) is 4.76. The van der Waals surface area contributed by atoms with Crippen LogP contribution in [-0.2, 0) is 4.79 Å². The van der Waals surface area contributed by atoms with Crippen molar-refractivity contribution in [2.24, 2.45) is 0 Å². The lowest BCUT2D eigenvalue weighted by Crippen LogP contribution is -2.43. The molecule has 0 spiro atoms. The van der Waals surface area contributed by atoms with Crippen LogP contribution in [0.4, 0.5) is 5.82 Å². The predicted molar refractivity (Wildman–Crippen MR) is 133 cm³/mol. The van der Waals surface area contributed by atoms with E-state index in [4.69, 9.17) is 23.2 Å². The van der Waals surface area contributed by atoms with Crippen molar-refractivity contribution >= 4 is 45.8 Å². The number of hydrogen-bond acceptors (Lipinski definition) is 5. The Morgan fingerprint density at radius 2 is 1.79 bits per heavy atom. The number of likely N-dealkylation sites (tertiary alicyclic amines) is 2. The Kier molecular flexibility index (Phi) is 6.67. The normalized spacial score (nSPS) is 19.8. The van der Waals surface area contributed by atoms with Crippen LogP contribution in [-0.4, -0.2) is 64.4 Å². The Labute approximate surface area is 203 Å². The molecule has 6 nitrogen and oxygen atoms in total. The SMILES string of the molecule is O=C(CNc1ncnc2c(Cl)c(Cl)ccc12)N1CCC(N2CCC(c3ccccc3)CC2)C1. The topological polar surface area (TPSA) is 61.4 Å². The summed E-state index contributed by atoms with van der Waals surface area (Å²) in [5.74, 6) is 1.32. The average molecular weight is 484 g/mol. The zero-order valence-corrected chi connectivity index (χ0v) is 19.9. The number of halogens is 2. The van der Waals surface area contributed by atoms with Gasteiger partial charge < -0.3 is 10.2 Å². The van der Waals surface area contributed by atoms with Crippen molar-refractivity contribution in [2.45, 2.75) is 31.2 Å². The van der Waals surface area contributed by atoms with Crippen LogP contribution in [0.2, 0.25) is 10.0 Å². The molecule has 2 aliphatic rings. The minimum atomic E-state index is 0.0866. The first kappa shape index (κ1) is 22.4. The highest BCUT2D eigenvalue weighted by Crippen LogP contribution is 2.32. The molecule has 2 fully saturated rings. The van der Waals surface area contributed by atoms with Gasteiger partial charge in [0.15, 0.2) is 0 Å². The maximum absolute atomic E-state index is 12.9. The van der Waals surface area contributed by atoms with Gasteiger partial charge >= 0.3 is 0 Å². The van der Waals surface area contributed by atoms with Crippen molar-refractivity contribution < 1.29 is 4.79 Å². The average Bonchev–Trinajstić information content (AvgIpc) is 3.36. The van der Waals surface area contributed by atoms with Gasteiger partial charge in [0.25, 0.3) is 0 Å². The number of carbonyl (C=O) groups is 1. The van der Waals surface area contributed by atoms with Crippen LogP contribution < -0.4 is 5.32 Å². The van der Waals surface area contributed by atoms with Gasteiger partial charge in [-0.25, -0.2) is 9.97 Å². The number of amides is 1. The van der Waals surface area contributed by atoms with Gasteiger partial charge in [-0.1, -0.05) is 53.5 Å². The molecule has 33 heavy (non-hydrogen) atoms. The molecule has 2 aromatic carbocycles. The van der Waals surface area contributed by atoms with Crippen LogP contribution in [0, 0.1) is 0 Å². The minimum absolute atomic E-state index is 0.0866. The lowest BCUT2D eigenvalue weighted by atomic mass is 9.89. The van der Waals surface area contributed by atoms with Crippen molar-refractivity contribution in [1.29, 1.82) is 0 Å². The maximum Gasteiger partial charge on any atom is 0.241 e. The molecule has 1 atom stereocenters. The fraction of sp³-hybridized carbons (Fsp3) is 0.400. The summed E-state index contributed by atoms with van der Waals surface area (Å²) in [6.45, 7) is 3.98. The van der Waals surface area contributed by atoms with E-state index in [0.29, 0.717) is 33.3 Å². The second-order valence-electron chi connectivity index (χ2n) is 8.84. The molecule has 1 amide bonds. The summed E-state index contributed by atoms with van der Waals surface area (Å²) >= 11 is 12.4. The molecule has 2 aliphatic heterocycles. The molecule has 172 valence electrons. The van der Waals surface area contributed by atoms with Crippen LogP contribution in [0.1, 0.15) is 30.7 Å². The van der Waals surface area contributed by atoms with E-state index >= 15 is 0 Å². The first-order chi connectivity index (χ1) is 16.1. The summed E-state index contributed by atoms with van der Waals surface area (Å²) < 4.78 is 0. The Balaban J connectivity index is 1.15. The van der Waals surface area contributed by atoms with Crippen molar-refractivity contribution in [3.8, 4) is 0 Å². The van der Waals surface area contributed by atoms with Gasteiger partial charge in [-0.05, 0) is 56.0 Å². The molecule has 3 heterocycles. The lowest BCUT2D eigenvalue weighted by Gasteiger charge is -2.36. The summed E-state index contributed by atoms with van der Waals surface area (Å²) in [5.41, 5.74) is 2.03. The van der Waals surface area contributed by atoms with E-state index in [0.717, 1.165) is 38.0 Å². The third kappa shape index (κ3) is 4.79. The molecule has 5 rings (SSSR count). The molecule has 1 N–H and O–H groups in total. The highest BCUT2D eigenvalue weighted by atomic mass is 35.5. The molecule has 1 aromatic heterocycles. The van der Waals surface area contributed by atoms with Crippen molar-refractivity contribution in [3.63, 3.8) is 0 Å². The number of anilines is 1. The zero-order valence-electron chi connectivity index (χ0n) is 18.4. The van der Waals surface area contributed by atoms with Gasteiger partial charge in [-0.15, -0.1) is 0 Å². The van der Waals surface area contributed by atoms with E-state index in [-0.39, 0.29) is 12.5 Å². The van der Waals surface area contributed by atoms with Gasteiger partial charge in [0.1, 0.15) is 12.1 Å². The van der Waals surface area contributed by atoms with E-state index in [2.05, 4.69) is 50.5 Å². The molecule has 8 heteroatoms. The Bertz CT molecular complexity index is 1130. The largest absolute Gasteiger partial charge is 0.360 e. The standard InChI is InChI=1S/C25H27Cl2N5O/c26-21-7-6-20-24(23(21)27)29-16-30-25(20)28-14-22(33)32-13-10-19(15-32)31-11-8-18(9-12-31)17-4-2-1-3-5-17/h1-7,16,18-19H,8-15H2,(H,28,29,30). The highest BCUT2D eigenvalue weighted by molar-refractivity contribution is 6.45. The predicted octanol–water partition coefficient (Wildman–Crippen LogP) is 4.83. The maximum atomic E-state index is 12.9. The third-order valence-corrected chi connectivity index (χ3v) is 7.73. The molecule has 0 bridgehead atoms. The first-order valence-corrected chi connectivity index (χ1v) is 12.2. The Morgan fingerprint density at radius 3 is 2.58 bits per heavy atom. The van der Waals surface area contributed by atoms with Gasteiger partial charge in [0, 0.05) is 24.5 Å². The number of nitrogens with one attached hydrogen (secondary N) is 1. The summed E-state index contributed by atoms with van der Waals surface area (Å²) in [6, 6.07) is 14.8. The second-order valence-corrected chi connectivity index (χ2v) is 9.62. The van der Waals surface area contributed by atoms with E-state index in [1.807, 2.05) is 11.0 Å². The number of hydrogen-bond donors (Lipinski definition) is 1. The van der Waals surface area contributed by atoms with Crippen LogP contribution >= 0.6 is 23.2 Å². The number of rotatable bonds is 5. The van der Waals surface area contributed by atoms with Gasteiger partial charge in [0.2, 0.25) is 5.91 Å². The molecule has 0 aliphatic carbocycles.